The highest BCUT2D eigenvalue weighted by atomic mass is 35.5. The molecule has 1 saturated heterocycles. The second-order valence-electron chi connectivity index (χ2n) is 7.55. The molecule has 0 saturated carbocycles. The van der Waals surface area contributed by atoms with Crippen LogP contribution in [0.1, 0.15) is 42.0 Å². The average molecular weight is 437 g/mol. The number of hydrogen-bond donors (Lipinski definition) is 1. The lowest BCUT2D eigenvalue weighted by Gasteiger charge is -2.35. The number of rotatable bonds is 7. The van der Waals surface area contributed by atoms with E-state index < -0.39 is 0 Å². The first kappa shape index (κ1) is 23.5. The molecule has 1 aliphatic heterocycles. The summed E-state index contributed by atoms with van der Waals surface area (Å²) in [6.45, 7) is 6.64. The SMILES string of the molecule is Cc1cc(C)cc(OCC(=O)NCC(c2ccccc2Cl)N2CCCCC2)c1.Cl. The number of likely N-dealkylation sites (tertiary alicyclic amines) is 1. The van der Waals surface area contributed by atoms with E-state index in [1.165, 1.54) is 19.3 Å². The summed E-state index contributed by atoms with van der Waals surface area (Å²) in [7, 11) is 0. The molecule has 3 rings (SSSR count). The summed E-state index contributed by atoms with van der Waals surface area (Å²) in [5.74, 6) is 0.611. The van der Waals surface area contributed by atoms with E-state index in [1.807, 2.05) is 44.2 Å². The minimum Gasteiger partial charge on any atom is -0.484 e. The highest BCUT2D eigenvalue weighted by Crippen LogP contribution is 2.29. The third kappa shape index (κ3) is 6.91. The van der Waals surface area contributed by atoms with E-state index in [0.29, 0.717) is 6.54 Å². The number of carbonyl (C=O) groups is 1. The number of ether oxygens (including phenoxy) is 1. The molecule has 0 radical (unpaired) electrons. The Hall–Kier alpha value is -1.75. The lowest BCUT2D eigenvalue weighted by molar-refractivity contribution is -0.123. The fourth-order valence-electron chi connectivity index (χ4n) is 3.84. The van der Waals surface area contributed by atoms with E-state index in [4.69, 9.17) is 16.3 Å². The molecule has 2 aromatic rings. The molecule has 1 aliphatic rings. The Labute approximate surface area is 185 Å². The number of nitrogens with zero attached hydrogens (tertiary/aromatic N) is 1. The fraction of sp³-hybridized carbons (Fsp3) is 0.435. The van der Waals surface area contributed by atoms with Gasteiger partial charge in [0.2, 0.25) is 0 Å². The quantitative estimate of drug-likeness (QED) is 0.655. The van der Waals surface area contributed by atoms with Crippen molar-refractivity contribution in [2.75, 3.05) is 26.2 Å². The molecule has 1 unspecified atom stereocenters. The van der Waals surface area contributed by atoms with Crippen molar-refractivity contribution in [2.24, 2.45) is 0 Å². The van der Waals surface area contributed by atoms with Gasteiger partial charge in [0.15, 0.2) is 6.61 Å². The van der Waals surface area contributed by atoms with E-state index >= 15 is 0 Å². The smallest absolute Gasteiger partial charge is 0.258 e. The van der Waals surface area contributed by atoms with Gasteiger partial charge in [0, 0.05) is 11.6 Å². The molecule has 1 heterocycles. The summed E-state index contributed by atoms with van der Waals surface area (Å²) in [6, 6.07) is 14.0. The number of halogens is 2. The predicted octanol–water partition coefficient (Wildman–Crippen LogP) is 5.10. The molecule has 1 amide bonds. The monoisotopic (exact) mass is 436 g/mol. The van der Waals surface area contributed by atoms with Crippen LogP contribution in [0.3, 0.4) is 0 Å². The number of nitrogens with one attached hydrogen (secondary N) is 1. The summed E-state index contributed by atoms with van der Waals surface area (Å²) >= 11 is 6.46. The molecule has 0 bridgehead atoms. The zero-order chi connectivity index (χ0) is 19.9. The molecule has 1 N–H and O–H groups in total. The molecular weight excluding hydrogens is 407 g/mol. The number of carbonyl (C=O) groups excluding carboxylic acids is 1. The Morgan fingerprint density at radius 1 is 1.10 bits per heavy atom. The van der Waals surface area contributed by atoms with E-state index in [-0.39, 0.29) is 31.0 Å². The van der Waals surface area contributed by atoms with Gasteiger partial charge in [0.05, 0.1) is 6.04 Å². The maximum absolute atomic E-state index is 12.4. The molecule has 2 aromatic carbocycles. The van der Waals surface area contributed by atoms with Crippen LogP contribution in [0.15, 0.2) is 42.5 Å². The Morgan fingerprint density at radius 2 is 1.76 bits per heavy atom. The third-order valence-corrected chi connectivity index (χ3v) is 5.50. The molecule has 6 heteroatoms. The van der Waals surface area contributed by atoms with Crippen molar-refractivity contribution in [3.8, 4) is 5.75 Å². The van der Waals surface area contributed by atoms with Crippen LogP contribution in [0.4, 0.5) is 0 Å². The normalized spacial score (nSPS) is 15.3. The zero-order valence-electron chi connectivity index (χ0n) is 17.1. The van der Waals surface area contributed by atoms with Gasteiger partial charge in [-0.2, -0.15) is 0 Å². The summed E-state index contributed by atoms with van der Waals surface area (Å²) in [5, 5.41) is 3.79. The second-order valence-corrected chi connectivity index (χ2v) is 7.96. The van der Waals surface area contributed by atoms with E-state index in [0.717, 1.165) is 40.6 Å². The fourth-order valence-corrected chi connectivity index (χ4v) is 4.10. The van der Waals surface area contributed by atoms with E-state index in [9.17, 15) is 4.79 Å². The molecule has 158 valence electrons. The van der Waals surface area contributed by atoms with Crippen molar-refractivity contribution in [3.05, 3.63) is 64.2 Å². The molecule has 0 spiro atoms. The highest BCUT2D eigenvalue weighted by Gasteiger charge is 2.24. The minimum atomic E-state index is -0.117. The molecule has 0 aliphatic carbocycles. The average Bonchev–Trinajstić information content (AvgIpc) is 2.68. The number of benzene rings is 2. The predicted molar refractivity (Wildman–Crippen MR) is 121 cm³/mol. The summed E-state index contributed by atoms with van der Waals surface area (Å²) in [6.07, 6.45) is 3.64. The third-order valence-electron chi connectivity index (χ3n) is 5.15. The Balaban J connectivity index is 0.00000300. The van der Waals surface area contributed by atoms with Crippen molar-refractivity contribution in [1.82, 2.24) is 10.2 Å². The van der Waals surface area contributed by atoms with Crippen LogP contribution in [0.5, 0.6) is 5.75 Å². The van der Waals surface area contributed by atoms with Crippen LogP contribution >= 0.6 is 24.0 Å². The Morgan fingerprint density at radius 3 is 2.41 bits per heavy atom. The maximum Gasteiger partial charge on any atom is 0.258 e. The van der Waals surface area contributed by atoms with Gasteiger partial charge < -0.3 is 10.1 Å². The lowest BCUT2D eigenvalue weighted by atomic mass is 10.0. The number of amides is 1. The number of aryl methyl sites for hydroxylation is 2. The lowest BCUT2D eigenvalue weighted by Crippen LogP contribution is -2.41. The highest BCUT2D eigenvalue weighted by molar-refractivity contribution is 6.31. The van der Waals surface area contributed by atoms with Gasteiger partial charge in [-0.25, -0.2) is 0 Å². The van der Waals surface area contributed by atoms with Crippen molar-refractivity contribution in [2.45, 2.75) is 39.2 Å². The van der Waals surface area contributed by atoms with Crippen LogP contribution in [-0.2, 0) is 4.79 Å². The van der Waals surface area contributed by atoms with Crippen LogP contribution in [-0.4, -0.2) is 37.0 Å². The summed E-state index contributed by atoms with van der Waals surface area (Å²) in [4.78, 5) is 14.8. The van der Waals surface area contributed by atoms with Gasteiger partial charge in [-0.3, -0.25) is 9.69 Å². The van der Waals surface area contributed by atoms with Crippen molar-refractivity contribution >= 4 is 29.9 Å². The largest absolute Gasteiger partial charge is 0.484 e. The standard InChI is InChI=1S/C23H29ClN2O2.ClH/c1-17-12-18(2)14-19(13-17)28-16-23(27)25-15-22(26-10-6-3-7-11-26)20-8-4-5-9-21(20)24;/h4-5,8-9,12-14,22H,3,6-7,10-11,15-16H2,1-2H3,(H,25,27);1H. The molecule has 0 aromatic heterocycles. The van der Waals surface area contributed by atoms with Gasteiger partial charge in [-0.15, -0.1) is 12.4 Å². The number of hydrogen-bond acceptors (Lipinski definition) is 3. The summed E-state index contributed by atoms with van der Waals surface area (Å²) in [5.41, 5.74) is 3.32. The first-order valence-electron chi connectivity index (χ1n) is 9.99. The van der Waals surface area contributed by atoms with Crippen LogP contribution in [0.2, 0.25) is 5.02 Å². The van der Waals surface area contributed by atoms with Crippen molar-refractivity contribution < 1.29 is 9.53 Å². The van der Waals surface area contributed by atoms with E-state index in [1.54, 1.807) is 0 Å². The summed E-state index contributed by atoms with van der Waals surface area (Å²) < 4.78 is 5.68. The van der Waals surface area contributed by atoms with Gasteiger partial charge in [0.1, 0.15) is 5.75 Å². The second kappa shape index (κ2) is 11.4. The van der Waals surface area contributed by atoms with Crippen molar-refractivity contribution in [3.63, 3.8) is 0 Å². The van der Waals surface area contributed by atoms with Crippen LogP contribution < -0.4 is 10.1 Å². The molecule has 4 nitrogen and oxygen atoms in total. The molecule has 1 fully saturated rings. The Kier molecular flexibility index (Phi) is 9.28. The molecule has 1 atom stereocenters. The maximum atomic E-state index is 12.4. The molecule has 29 heavy (non-hydrogen) atoms. The van der Waals surface area contributed by atoms with Gasteiger partial charge in [0.25, 0.3) is 5.91 Å². The topological polar surface area (TPSA) is 41.6 Å². The first-order valence-corrected chi connectivity index (χ1v) is 10.4. The Bertz CT molecular complexity index is 787. The van der Waals surface area contributed by atoms with Gasteiger partial charge >= 0.3 is 0 Å². The van der Waals surface area contributed by atoms with E-state index in [2.05, 4.69) is 22.3 Å². The number of piperidine rings is 1. The van der Waals surface area contributed by atoms with Gasteiger partial charge in [-0.1, -0.05) is 42.3 Å². The first-order chi connectivity index (χ1) is 13.5. The van der Waals surface area contributed by atoms with Gasteiger partial charge in [-0.05, 0) is 74.7 Å². The zero-order valence-corrected chi connectivity index (χ0v) is 18.7. The van der Waals surface area contributed by atoms with Crippen LogP contribution in [0.25, 0.3) is 0 Å². The minimum absolute atomic E-state index is 0. The molecular formula is C23H30Cl2N2O2. The van der Waals surface area contributed by atoms with Crippen LogP contribution in [0, 0.1) is 13.8 Å². The van der Waals surface area contributed by atoms with Crippen molar-refractivity contribution in [1.29, 1.82) is 0 Å².